The molecule has 27 heavy (non-hydrogen) atoms. The molecular formula is C25H36O2. The van der Waals surface area contributed by atoms with Crippen LogP contribution < -0.4 is 4.74 Å². The van der Waals surface area contributed by atoms with Crippen LogP contribution in [-0.2, 0) is 10.2 Å². The summed E-state index contributed by atoms with van der Waals surface area (Å²) in [5, 5.41) is 0. The zero-order valence-electron chi connectivity index (χ0n) is 18.4. The van der Waals surface area contributed by atoms with Crippen molar-refractivity contribution in [2.24, 2.45) is 10.8 Å². The summed E-state index contributed by atoms with van der Waals surface area (Å²) in [6, 6.07) is 8.35. The van der Waals surface area contributed by atoms with Gasteiger partial charge in [0.1, 0.15) is 5.75 Å². The molecule has 0 unspecified atom stereocenters. The minimum absolute atomic E-state index is 0.189. The number of hydrogen-bond donors (Lipinski definition) is 0. The first-order valence-corrected chi connectivity index (χ1v) is 10.1. The van der Waals surface area contributed by atoms with Crippen molar-refractivity contribution in [3.8, 4) is 5.75 Å². The largest absolute Gasteiger partial charge is 0.497 e. The van der Waals surface area contributed by atoms with E-state index in [-0.39, 0.29) is 22.0 Å². The van der Waals surface area contributed by atoms with Crippen LogP contribution in [0.4, 0.5) is 0 Å². The third kappa shape index (κ3) is 4.54. The molecule has 0 atom stereocenters. The van der Waals surface area contributed by atoms with Gasteiger partial charge >= 0.3 is 0 Å². The molecule has 0 fully saturated rings. The molecule has 148 valence electrons. The first kappa shape index (κ1) is 21.5. The van der Waals surface area contributed by atoms with Gasteiger partial charge in [0.2, 0.25) is 0 Å². The summed E-state index contributed by atoms with van der Waals surface area (Å²) in [5.74, 6) is 1.06. The third-order valence-corrected chi connectivity index (χ3v) is 5.48. The lowest BCUT2D eigenvalue weighted by molar-refractivity contribution is -0.114. The van der Waals surface area contributed by atoms with Crippen molar-refractivity contribution in [2.45, 2.75) is 73.1 Å². The minimum atomic E-state index is -0.249. The van der Waals surface area contributed by atoms with Crippen LogP contribution in [0, 0.1) is 10.8 Å². The molecule has 2 rings (SSSR count). The average molecular weight is 369 g/mol. The average Bonchev–Trinajstić information content (AvgIpc) is 2.59. The van der Waals surface area contributed by atoms with Gasteiger partial charge in [-0.3, -0.25) is 4.79 Å². The maximum atomic E-state index is 13.4. The van der Waals surface area contributed by atoms with E-state index in [1.807, 2.05) is 12.1 Å². The van der Waals surface area contributed by atoms with Crippen molar-refractivity contribution >= 4 is 5.78 Å². The number of ketones is 1. The monoisotopic (exact) mass is 368 g/mol. The molecule has 0 radical (unpaired) electrons. The number of methoxy groups -OCH3 is 1. The van der Waals surface area contributed by atoms with Gasteiger partial charge < -0.3 is 4.74 Å². The van der Waals surface area contributed by atoms with Gasteiger partial charge in [-0.05, 0) is 34.9 Å². The van der Waals surface area contributed by atoms with Gasteiger partial charge in [0.05, 0.1) is 7.11 Å². The molecule has 1 aromatic carbocycles. The van der Waals surface area contributed by atoms with Crippen molar-refractivity contribution in [3.63, 3.8) is 0 Å². The van der Waals surface area contributed by atoms with Gasteiger partial charge in [-0.2, -0.15) is 0 Å². The number of hydrogen-bond acceptors (Lipinski definition) is 2. The minimum Gasteiger partial charge on any atom is -0.497 e. The standard InChI is InChI=1S/C25H36O2/c1-9-10-15-25(18-11-13-19(27-8)14-12-18)16-20(23(2,3)4)22(26)21(17-25)24(5,6)7/h11-14,16-17H,9-10,15H2,1-8H3. The Kier molecular flexibility index (Phi) is 6.09. The molecule has 0 N–H and O–H groups in total. The van der Waals surface area contributed by atoms with Gasteiger partial charge in [0.25, 0.3) is 0 Å². The number of unbranched alkanes of at least 4 members (excludes halogenated alkanes) is 1. The van der Waals surface area contributed by atoms with Gasteiger partial charge in [0, 0.05) is 16.6 Å². The number of rotatable bonds is 5. The Labute approximate surface area is 165 Å². The molecule has 0 heterocycles. The van der Waals surface area contributed by atoms with E-state index in [0.717, 1.165) is 36.2 Å². The zero-order chi connectivity index (χ0) is 20.5. The summed E-state index contributed by atoms with van der Waals surface area (Å²) in [6.07, 6.45) is 7.75. The number of allylic oxidation sites excluding steroid dienone is 4. The fraction of sp³-hybridized carbons (Fsp3) is 0.560. The highest BCUT2D eigenvalue weighted by molar-refractivity contribution is 6.11. The van der Waals surface area contributed by atoms with Gasteiger partial charge in [-0.15, -0.1) is 0 Å². The number of Topliss-reactive ketones (excluding diaryl/α,β-unsaturated/α-hetero) is 1. The van der Waals surface area contributed by atoms with Crippen LogP contribution in [0.2, 0.25) is 0 Å². The Balaban J connectivity index is 2.75. The van der Waals surface area contributed by atoms with E-state index >= 15 is 0 Å². The summed E-state index contributed by atoms with van der Waals surface area (Å²) in [6.45, 7) is 15.1. The van der Waals surface area contributed by atoms with Crippen LogP contribution in [0.5, 0.6) is 5.75 Å². The van der Waals surface area contributed by atoms with E-state index < -0.39 is 0 Å². The summed E-state index contributed by atoms with van der Waals surface area (Å²) < 4.78 is 5.35. The maximum absolute atomic E-state index is 13.4. The fourth-order valence-electron chi connectivity index (χ4n) is 3.77. The third-order valence-electron chi connectivity index (χ3n) is 5.48. The SMILES string of the molecule is CCCCC1(c2ccc(OC)cc2)C=C(C(C)(C)C)C(=O)C(C(C)(C)C)=C1. The van der Waals surface area contributed by atoms with Crippen molar-refractivity contribution in [1.82, 2.24) is 0 Å². The summed E-state index contributed by atoms with van der Waals surface area (Å²) in [5.41, 5.74) is 2.47. The fourth-order valence-corrected chi connectivity index (χ4v) is 3.77. The molecule has 0 saturated carbocycles. The topological polar surface area (TPSA) is 26.3 Å². The first-order valence-electron chi connectivity index (χ1n) is 10.1. The van der Waals surface area contributed by atoms with Crippen molar-refractivity contribution in [1.29, 1.82) is 0 Å². The van der Waals surface area contributed by atoms with Gasteiger partial charge in [-0.25, -0.2) is 0 Å². The predicted molar refractivity (Wildman–Crippen MR) is 114 cm³/mol. The predicted octanol–water partition coefficient (Wildman–Crippen LogP) is 6.65. The number of carbonyl (C=O) groups excluding carboxylic acids is 1. The lowest BCUT2D eigenvalue weighted by Crippen LogP contribution is -2.35. The van der Waals surface area contributed by atoms with E-state index in [0.29, 0.717) is 0 Å². The Bertz CT molecular complexity index is 700. The lowest BCUT2D eigenvalue weighted by atomic mass is 9.63. The molecular weight excluding hydrogens is 332 g/mol. The van der Waals surface area contributed by atoms with E-state index in [1.54, 1.807) is 7.11 Å². The zero-order valence-corrected chi connectivity index (χ0v) is 18.4. The number of carbonyl (C=O) groups is 1. The van der Waals surface area contributed by atoms with Gasteiger partial charge in [-0.1, -0.05) is 85.6 Å². The van der Waals surface area contributed by atoms with Crippen molar-refractivity contribution in [3.05, 3.63) is 53.1 Å². The van der Waals surface area contributed by atoms with E-state index in [1.165, 1.54) is 5.56 Å². The Morgan fingerprint density at radius 1 is 0.889 bits per heavy atom. The van der Waals surface area contributed by atoms with Gasteiger partial charge in [0.15, 0.2) is 5.78 Å². The van der Waals surface area contributed by atoms with Crippen LogP contribution in [0.15, 0.2) is 47.6 Å². The van der Waals surface area contributed by atoms with Crippen molar-refractivity contribution in [2.75, 3.05) is 7.11 Å². The summed E-state index contributed by atoms with van der Waals surface area (Å²) in [4.78, 5) is 13.4. The molecule has 0 aromatic heterocycles. The smallest absolute Gasteiger partial charge is 0.185 e. The molecule has 1 aromatic rings. The highest BCUT2D eigenvalue weighted by Gasteiger charge is 2.41. The normalized spacial score (nSPS) is 17.4. The Morgan fingerprint density at radius 3 is 1.74 bits per heavy atom. The van der Waals surface area contributed by atoms with E-state index in [9.17, 15) is 4.79 Å². The molecule has 0 saturated heterocycles. The first-order chi connectivity index (χ1) is 12.4. The highest BCUT2D eigenvalue weighted by Crippen LogP contribution is 2.46. The molecule has 2 heteroatoms. The summed E-state index contributed by atoms with van der Waals surface area (Å²) in [7, 11) is 1.69. The van der Waals surface area contributed by atoms with Crippen LogP contribution >= 0.6 is 0 Å². The second-order valence-electron chi connectivity index (χ2n) is 9.82. The highest BCUT2D eigenvalue weighted by atomic mass is 16.5. The Morgan fingerprint density at radius 2 is 1.37 bits per heavy atom. The Hall–Kier alpha value is -1.83. The molecule has 0 amide bonds. The molecule has 2 nitrogen and oxygen atoms in total. The molecule has 0 spiro atoms. The van der Waals surface area contributed by atoms with Crippen LogP contribution in [0.25, 0.3) is 0 Å². The molecule has 1 aliphatic rings. The van der Waals surface area contributed by atoms with Crippen LogP contribution in [0.3, 0.4) is 0 Å². The molecule has 0 aliphatic heterocycles. The molecule has 1 aliphatic carbocycles. The number of ether oxygens (including phenoxy) is 1. The van der Waals surface area contributed by atoms with E-state index in [4.69, 9.17) is 4.74 Å². The lowest BCUT2D eigenvalue weighted by Gasteiger charge is -2.40. The number of benzene rings is 1. The second kappa shape index (κ2) is 7.66. The van der Waals surface area contributed by atoms with Crippen molar-refractivity contribution < 1.29 is 9.53 Å². The van der Waals surface area contributed by atoms with E-state index in [2.05, 4.69) is 72.8 Å². The van der Waals surface area contributed by atoms with Crippen LogP contribution in [0.1, 0.15) is 73.3 Å². The maximum Gasteiger partial charge on any atom is 0.185 e. The van der Waals surface area contributed by atoms with Crippen LogP contribution in [-0.4, -0.2) is 12.9 Å². The second-order valence-corrected chi connectivity index (χ2v) is 9.82. The molecule has 0 bridgehead atoms. The summed E-state index contributed by atoms with van der Waals surface area (Å²) >= 11 is 0. The quantitative estimate of drug-likeness (QED) is 0.581.